The molecule has 6 heteroatoms. The van der Waals surface area contributed by atoms with Gasteiger partial charge in [0.1, 0.15) is 6.10 Å². The normalized spacial score (nSPS) is 16.1. The maximum absolute atomic E-state index is 12.6. The van der Waals surface area contributed by atoms with Gasteiger partial charge in [0.05, 0.1) is 12.2 Å². The van der Waals surface area contributed by atoms with Crippen LogP contribution in [0.1, 0.15) is 157 Å². The number of aliphatic hydroxyl groups excluding tert-OH is 3. The average Bonchev–Trinajstić information content (AvgIpc) is 2.89. The van der Waals surface area contributed by atoms with Crippen LogP contribution in [0, 0.1) is 10.8 Å². The first-order valence-electron chi connectivity index (χ1n) is 15.9. The van der Waals surface area contributed by atoms with Gasteiger partial charge >= 0.3 is 0 Å². The van der Waals surface area contributed by atoms with Crippen molar-refractivity contribution < 1.29 is 25.2 Å². The Kier molecular flexibility index (Phi) is 20.7. The fourth-order valence-corrected chi connectivity index (χ4v) is 5.16. The van der Waals surface area contributed by atoms with Crippen LogP contribution in [0.3, 0.4) is 0 Å². The predicted octanol–water partition coefficient (Wildman–Crippen LogP) is 6.66. The van der Waals surface area contributed by atoms with Crippen LogP contribution in [0.2, 0.25) is 0 Å². The molecule has 0 aromatic heterocycles. The van der Waals surface area contributed by atoms with Crippen LogP contribution in [0.25, 0.3) is 0 Å². The van der Waals surface area contributed by atoms with E-state index in [1.54, 1.807) is 20.8 Å². The van der Waals surface area contributed by atoms with E-state index >= 15 is 0 Å². The van der Waals surface area contributed by atoms with E-state index in [9.17, 15) is 25.2 Å². The summed E-state index contributed by atoms with van der Waals surface area (Å²) >= 11 is 0. The van der Waals surface area contributed by atoms with E-state index in [0.29, 0.717) is 12.8 Å². The molecule has 0 fully saturated rings. The maximum Gasteiger partial charge on any atom is 0.249 e. The van der Waals surface area contributed by atoms with Crippen molar-refractivity contribution in [2.45, 2.75) is 168 Å². The smallest absolute Gasteiger partial charge is 0.249 e. The Balaban J connectivity index is 4.31. The Morgan fingerprint density at radius 3 is 1.50 bits per heavy atom. The van der Waals surface area contributed by atoms with Gasteiger partial charge in [0.15, 0.2) is 0 Å². The van der Waals surface area contributed by atoms with Crippen LogP contribution in [0.5, 0.6) is 0 Å². The van der Waals surface area contributed by atoms with Crippen LogP contribution in [0.15, 0.2) is 0 Å². The SMILES string of the molecule is CCCCCCCCCCCCCCCCCCC(C)(CNC(=O)[C@H](O)C(C)(C)CO)C(C)(O)CCCO. The summed E-state index contributed by atoms with van der Waals surface area (Å²) in [7, 11) is 0. The van der Waals surface area contributed by atoms with E-state index < -0.39 is 28.4 Å². The Labute approximate surface area is 235 Å². The van der Waals surface area contributed by atoms with Gasteiger partial charge in [-0.1, -0.05) is 130 Å². The second-order valence-electron chi connectivity index (χ2n) is 13.0. The molecule has 3 atom stereocenters. The number of amides is 1. The Morgan fingerprint density at radius 1 is 0.684 bits per heavy atom. The van der Waals surface area contributed by atoms with Crippen LogP contribution in [0.4, 0.5) is 0 Å². The summed E-state index contributed by atoms with van der Waals surface area (Å²) in [5, 5.41) is 43.2. The highest BCUT2D eigenvalue weighted by molar-refractivity contribution is 5.81. The molecular formula is C32H65NO5. The molecule has 0 aromatic carbocycles. The molecule has 0 rings (SSSR count). The number of rotatable bonds is 26. The van der Waals surface area contributed by atoms with Crippen LogP contribution in [-0.4, -0.2) is 57.8 Å². The van der Waals surface area contributed by atoms with E-state index in [2.05, 4.69) is 12.2 Å². The first kappa shape index (κ1) is 37.3. The highest BCUT2D eigenvalue weighted by atomic mass is 16.3. The highest BCUT2D eigenvalue weighted by Gasteiger charge is 2.43. The summed E-state index contributed by atoms with van der Waals surface area (Å²) < 4.78 is 0. The monoisotopic (exact) mass is 543 g/mol. The number of hydrogen-bond donors (Lipinski definition) is 5. The first-order chi connectivity index (χ1) is 18.0. The third-order valence-electron chi connectivity index (χ3n) is 8.75. The molecule has 0 aliphatic carbocycles. The molecule has 0 aliphatic heterocycles. The van der Waals surface area contributed by atoms with Gasteiger partial charge in [-0.15, -0.1) is 0 Å². The van der Waals surface area contributed by atoms with Crippen molar-refractivity contribution in [3.8, 4) is 0 Å². The largest absolute Gasteiger partial charge is 0.396 e. The zero-order valence-corrected chi connectivity index (χ0v) is 25.8. The minimum Gasteiger partial charge on any atom is -0.396 e. The van der Waals surface area contributed by atoms with E-state index in [-0.39, 0.29) is 19.8 Å². The predicted molar refractivity (Wildman–Crippen MR) is 159 cm³/mol. The van der Waals surface area contributed by atoms with E-state index in [1.165, 1.54) is 89.9 Å². The molecule has 1 amide bonds. The van der Waals surface area contributed by atoms with Crippen molar-refractivity contribution in [2.75, 3.05) is 19.8 Å². The molecule has 2 unspecified atom stereocenters. The minimum absolute atomic E-state index is 0.0149. The van der Waals surface area contributed by atoms with Gasteiger partial charge in [0.2, 0.25) is 5.91 Å². The van der Waals surface area contributed by atoms with Gasteiger partial charge in [0, 0.05) is 24.0 Å². The molecule has 0 saturated heterocycles. The summed E-state index contributed by atoms with van der Waals surface area (Å²) in [5.41, 5.74) is -2.58. The van der Waals surface area contributed by atoms with E-state index in [4.69, 9.17) is 0 Å². The molecule has 228 valence electrons. The van der Waals surface area contributed by atoms with Gasteiger partial charge in [-0.25, -0.2) is 0 Å². The number of unbranched alkanes of at least 4 members (excludes halogenated alkanes) is 15. The Bertz CT molecular complexity index is 580. The molecular weight excluding hydrogens is 478 g/mol. The fourth-order valence-electron chi connectivity index (χ4n) is 5.16. The summed E-state index contributed by atoms with van der Waals surface area (Å²) in [6.07, 6.45) is 21.3. The van der Waals surface area contributed by atoms with Crippen LogP contribution >= 0.6 is 0 Å². The zero-order valence-electron chi connectivity index (χ0n) is 25.8. The average molecular weight is 544 g/mol. The van der Waals surface area contributed by atoms with Gasteiger partial charge in [0.25, 0.3) is 0 Å². The standard InChI is InChI=1S/C32H65NO5/c1-6-7-8-9-10-11-12-13-14-15-16-17-18-19-20-21-23-31(4,32(5,38)24-22-25-34)26-33-29(37)28(36)30(2,3)27-35/h28,34-36,38H,6-27H2,1-5H3,(H,33,37)/t28-,31?,32?/m0/s1. The van der Waals surface area contributed by atoms with Crippen molar-refractivity contribution in [3.05, 3.63) is 0 Å². The summed E-state index contributed by atoms with van der Waals surface area (Å²) in [6.45, 7) is 9.28. The molecule has 0 bridgehead atoms. The van der Waals surface area contributed by atoms with Crippen molar-refractivity contribution >= 4 is 5.91 Å². The minimum atomic E-state index is -1.32. The molecule has 0 heterocycles. The number of carbonyl (C=O) groups is 1. The molecule has 6 nitrogen and oxygen atoms in total. The number of nitrogens with one attached hydrogen (secondary N) is 1. The highest BCUT2D eigenvalue weighted by Crippen LogP contribution is 2.39. The van der Waals surface area contributed by atoms with Crippen LogP contribution in [-0.2, 0) is 4.79 Å². The van der Waals surface area contributed by atoms with Crippen molar-refractivity contribution in [1.29, 1.82) is 0 Å². The lowest BCUT2D eigenvalue weighted by Crippen LogP contribution is -2.54. The molecule has 38 heavy (non-hydrogen) atoms. The summed E-state index contributed by atoms with van der Waals surface area (Å²) in [4.78, 5) is 12.6. The second-order valence-corrected chi connectivity index (χ2v) is 13.0. The van der Waals surface area contributed by atoms with E-state index in [1.807, 2.05) is 6.92 Å². The Morgan fingerprint density at radius 2 is 1.11 bits per heavy atom. The van der Waals surface area contributed by atoms with Crippen molar-refractivity contribution in [1.82, 2.24) is 5.32 Å². The third-order valence-corrected chi connectivity index (χ3v) is 8.75. The first-order valence-corrected chi connectivity index (χ1v) is 15.9. The topological polar surface area (TPSA) is 110 Å². The number of carbonyl (C=O) groups excluding carboxylic acids is 1. The van der Waals surface area contributed by atoms with Crippen molar-refractivity contribution in [3.63, 3.8) is 0 Å². The summed E-state index contributed by atoms with van der Waals surface area (Å²) in [5.74, 6) is -0.528. The lowest BCUT2D eigenvalue weighted by Gasteiger charge is -2.44. The van der Waals surface area contributed by atoms with Crippen molar-refractivity contribution in [2.24, 2.45) is 10.8 Å². The van der Waals surface area contributed by atoms with Gasteiger partial charge < -0.3 is 25.7 Å². The van der Waals surface area contributed by atoms with E-state index in [0.717, 1.165) is 19.3 Å². The third kappa shape index (κ3) is 15.8. The van der Waals surface area contributed by atoms with Gasteiger partial charge in [-0.3, -0.25) is 4.79 Å². The zero-order chi connectivity index (χ0) is 28.9. The molecule has 0 aromatic rings. The molecule has 0 saturated carbocycles. The maximum atomic E-state index is 12.6. The molecule has 5 N–H and O–H groups in total. The lowest BCUT2D eigenvalue weighted by atomic mass is 9.68. The Hall–Kier alpha value is -0.690. The molecule has 0 aliphatic rings. The van der Waals surface area contributed by atoms with Gasteiger partial charge in [-0.2, -0.15) is 0 Å². The van der Waals surface area contributed by atoms with Crippen LogP contribution < -0.4 is 5.32 Å². The molecule has 0 radical (unpaired) electrons. The number of hydrogen-bond acceptors (Lipinski definition) is 5. The van der Waals surface area contributed by atoms with Gasteiger partial charge in [-0.05, 0) is 26.2 Å². The summed E-state index contributed by atoms with van der Waals surface area (Å²) in [6, 6.07) is 0. The lowest BCUT2D eigenvalue weighted by molar-refractivity contribution is -0.139. The number of aliphatic hydroxyl groups is 4. The quantitative estimate of drug-likeness (QED) is 0.0783. The molecule has 0 spiro atoms. The second kappa shape index (κ2) is 21.1. The fraction of sp³-hybridized carbons (Fsp3) is 0.969.